The molecule has 4 heteroatoms. The van der Waals surface area contributed by atoms with Gasteiger partial charge < -0.3 is 19.6 Å². The summed E-state index contributed by atoms with van der Waals surface area (Å²) in [6.45, 7) is 5.33. The van der Waals surface area contributed by atoms with Crippen LogP contribution in [0.4, 0.5) is 0 Å². The first-order valence-corrected chi connectivity index (χ1v) is 5.92. The van der Waals surface area contributed by atoms with Gasteiger partial charge in [-0.25, -0.2) is 0 Å². The molecule has 100 valence electrons. The standard InChI is InChI=1S/C14H21NO3/c1-14(2,10-15-7-8-16)11-5-6-12(17-3)13(9-11)18-4/h5-6,8-9,15H,7,10H2,1-4H3. The van der Waals surface area contributed by atoms with E-state index in [-0.39, 0.29) is 5.41 Å². The number of carbonyl (C=O) groups excluding carboxylic acids is 1. The molecule has 0 aliphatic rings. The van der Waals surface area contributed by atoms with E-state index in [0.29, 0.717) is 6.54 Å². The van der Waals surface area contributed by atoms with Crippen LogP contribution in [0, 0.1) is 0 Å². The minimum absolute atomic E-state index is 0.0808. The van der Waals surface area contributed by atoms with Gasteiger partial charge in [0.05, 0.1) is 20.8 Å². The summed E-state index contributed by atoms with van der Waals surface area (Å²) < 4.78 is 10.5. The smallest absolute Gasteiger partial charge is 0.161 e. The number of hydrogen-bond acceptors (Lipinski definition) is 4. The van der Waals surface area contributed by atoms with Crippen molar-refractivity contribution in [2.45, 2.75) is 19.3 Å². The van der Waals surface area contributed by atoms with Crippen molar-refractivity contribution in [3.63, 3.8) is 0 Å². The third-order valence-electron chi connectivity index (χ3n) is 2.96. The molecule has 0 unspecified atom stereocenters. The minimum atomic E-state index is -0.0808. The molecule has 1 aromatic carbocycles. The Balaban J connectivity index is 2.90. The van der Waals surface area contributed by atoms with Crippen molar-refractivity contribution in [3.05, 3.63) is 23.8 Å². The van der Waals surface area contributed by atoms with Crippen LogP contribution in [0.2, 0.25) is 0 Å². The van der Waals surface area contributed by atoms with Crippen LogP contribution in [0.5, 0.6) is 11.5 Å². The van der Waals surface area contributed by atoms with E-state index >= 15 is 0 Å². The monoisotopic (exact) mass is 251 g/mol. The normalized spacial score (nSPS) is 11.1. The highest BCUT2D eigenvalue weighted by Gasteiger charge is 2.21. The van der Waals surface area contributed by atoms with Crippen LogP contribution in [-0.2, 0) is 10.2 Å². The summed E-state index contributed by atoms with van der Waals surface area (Å²) in [6.07, 6.45) is 0.866. The van der Waals surface area contributed by atoms with Gasteiger partial charge in [-0.1, -0.05) is 19.9 Å². The van der Waals surface area contributed by atoms with Gasteiger partial charge in [0.1, 0.15) is 6.29 Å². The second-order valence-electron chi connectivity index (χ2n) is 4.75. The summed E-state index contributed by atoms with van der Waals surface area (Å²) in [5.41, 5.74) is 1.06. The van der Waals surface area contributed by atoms with E-state index in [0.717, 1.165) is 29.9 Å². The average molecular weight is 251 g/mol. The number of benzene rings is 1. The predicted octanol–water partition coefficient (Wildman–Crippen LogP) is 1.77. The van der Waals surface area contributed by atoms with Gasteiger partial charge in [-0.05, 0) is 17.7 Å². The van der Waals surface area contributed by atoms with Crippen molar-refractivity contribution in [2.75, 3.05) is 27.3 Å². The lowest BCUT2D eigenvalue weighted by Crippen LogP contribution is -2.33. The molecule has 0 atom stereocenters. The zero-order valence-electron chi connectivity index (χ0n) is 11.4. The van der Waals surface area contributed by atoms with E-state index in [1.165, 1.54) is 0 Å². The highest BCUT2D eigenvalue weighted by Crippen LogP contribution is 2.32. The van der Waals surface area contributed by atoms with Crippen molar-refractivity contribution < 1.29 is 14.3 Å². The number of carbonyl (C=O) groups is 1. The van der Waals surface area contributed by atoms with Gasteiger partial charge in [-0.3, -0.25) is 0 Å². The zero-order chi connectivity index (χ0) is 13.6. The maximum Gasteiger partial charge on any atom is 0.161 e. The molecular formula is C14H21NO3. The Hall–Kier alpha value is -1.55. The van der Waals surface area contributed by atoms with E-state index in [4.69, 9.17) is 9.47 Å². The number of methoxy groups -OCH3 is 2. The molecule has 4 nitrogen and oxygen atoms in total. The van der Waals surface area contributed by atoms with Gasteiger partial charge in [-0.2, -0.15) is 0 Å². The van der Waals surface area contributed by atoms with Crippen LogP contribution in [0.15, 0.2) is 18.2 Å². The molecule has 0 bridgehead atoms. The second-order valence-corrected chi connectivity index (χ2v) is 4.75. The van der Waals surface area contributed by atoms with E-state index in [9.17, 15) is 4.79 Å². The molecule has 1 rings (SSSR count). The Kier molecular flexibility index (Phi) is 5.16. The molecule has 0 spiro atoms. The molecule has 0 aliphatic carbocycles. The van der Waals surface area contributed by atoms with E-state index in [2.05, 4.69) is 19.2 Å². The van der Waals surface area contributed by atoms with Gasteiger partial charge in [0.25, 0.3) is 0 Å². The molecule has 0 aromatic heterocycles. The van der Waals surface area contributed by atoms with Gasteiger partial charge in [-0.15, -0.1) is 0 Å². The summed E-state index contributed by atoms with van der Waals surface area (Å²) in [4.78, 5) is 10.3. The third kappa shape index (κ3) is 3.47. The molecule has 1 N–H and O–H groups in total. The van der Waals surface area contributed by atoms with Crippen LogP contribution < -0.4 is 14.8 Å². The first-order chi connectivity index (χ1) is 8.55. The minimum Gasteiger partial charge on any atom is -0.493 e. The van der Waals surface area contributed by atoms with Gasteiger partial charge in [0.15, 0.2) is 11.5 Å². The maximum absolute atomic E-state index is 10.3. The quantitative estimate of drug-likeness (QED) is 0.592. The topological polar surface area (TPSA) is 47.6 Å². The SMILES string of the molecule is COc1ccc(C(C)(C)CNCC=O)cc1OC. The van der Waals surface area contributed by atoms with E-state index < -0.39 is 0 Å². The lowest BCUT2D eigenvalue weighted by molar-refractivity contribution is -0.107. The molecule has 18 heavy (non-hydrogen) atoms. The summed E-state index contributed by atoms with van der Waals surface area (Å²) in [6, 6.07) is 5.89. The Morgan fingerprint density at radius 3 is 2.44 bits per heavy atom. The van der Waals surface area contributed by atoms with Crippen molar-refractivity contribution in [1.82, 2.24) is 5.32 Å². The summed E-state index contributed by atoms with van der Waals surface area (Å²) in [7, 11) is 3.24. The zero-order valence-corrected chi connectivity index (χ0v) is 11.4. The molecule has 0 saturated heterocycles. The Morgan fingerprint density at radius 1 is 1.22 bits per heavy atom. The van der Waals surface area contributed by atoms with Crippen molar-refractivity contribution in [1.29, 1.82) is 0 Å². The number of rotatable bonds is 7. The number of aldehydes is 1. The lowest BCUT2D eigenvalue weighted by Gasteiger charge is -2.26. The van der Waals surface area contributed by atoms with Crippen molar-refractivity contribution in [2.24, 2.45) is 0 Å². The van der Waals surface area contributed by atoms with Crippen LogP contribution in [0.3, 0.4) is 0 Å². The molecule has 0 amide bonds. The second kappa shape index (κ2) is 6.40. The molecule has 0 radical (unpaired) electrons. The Labute approximate surface area is 108 Å². The first-order valence-electron chi connectivity index (χ1n) is 5.92. The van der Waals surface area contributed by atoms with E-state index in [1.807, 2.05) is 18.2 Å². The number of nitrogens with one attached hydrogen (secondary N) is 1. The Morgan fingerprint density at radius 2 is 1.89 bits per heavy atom. The van der Waals surface area contributed by atoms with Crippen molar-refractivity contribution >= 4 is 6.29 Å². The molecular weight excluding hydrogens is 230 g/mol. The molecule has 0 fully saturated rings. The first kappa shape index (κ1) is 14.5. The maximum atomic E-state index is 10.3. The van der Waals surface area contributed by atoms with Crippen LogP contribution in [0.25, 0.3) is 0 Å². The van der Waals surface area contributed by atoms with Gasteiger partial charge in [0.2, 0.25) is 0 Å². The highest BCUT2D eigenvalue weighted by atomic mass is 16.5. The van der Waals surface area contributed by atoms with E-state index in [1.54, 1.807) is 14.2 Å². The summed E-state index contributed by atoms with van der Waals surface area (Å²) in [5.74, 6) is 1.44. The number of ether oxygens (including phenoxy) is 2. The fourth-order valence-corrected chi connectivity index (χ4v) is 1.80. The molecule has 0 heterocycles. The van der Waals surface area contributed by atoms with Crippen LogP contribution in [0.1, 0.15) is 19.4 Å². The number of hydrogen-bond donors (Lipinski definition) is 1. The third-order valence-corrected chi connectivity index (χ3v) is 2.96. The largest absolute Gasteiger partial charge is 0.493 e. The fourth-order valence-electron chi connectivity index (χ4n) is 1.80. The lowest BCUT2D eigenvalue weighted by atomic mass is 9.84. The van der Waals surface area contributed by atoms with Crippen molar-refractivity contribution in [3.8, 4) is 11.5 Å². The van der Waals surface area contributed by atoms with Crippen LogP contribution >= 0.6 is 0 Å². The average Bonchev–Trinajstić information content (AvgIpc) is 2.38. The molecule has 1 aromatic rings. The predicted molar refractivity (Wildman–Crippen MR) is 71.5 cm³/mol. The summed E-state index contributed by atoms with van der Waals surface area (Å²) in [5, 5.41) is 3.10. The molecule has 0 saturated carbocycles. The van der Waals surface area contributed by atoms with Crippen LogP contribution in [-0.4, -0.2) is 33.6 Å². The van der Waals surface area contributed by atoms with Gasteiger partial charge in [0, 0.05) is 12.0 Å². The van der Waals surface area contributed by atoms with Gasteiger partial charge >= 0.3 is 0 Å². The summed E-state index contributed by atoms with van der Waals surface area (Å²) >= 11 is 0. The highest BCUT2D eigenvalue weighted by molar-refractivity contribution is 5.52. The fraction of sp³-hybridized carbons (Fsp3) is 0.500. The Bertz CT molecular complexity index is 402. The molecule has 0 aliphatic heterocycles.